The topological polar surface area (TPSA) is 131 Å². The number of rotatable bonds is 6. The van der Waals surface area contributed by atoms with Crippen molar-refractivity contribution in [3.8, 4) is 6.07 Å². The Morgan fingerprint density at radius 2 is 1.79 bits per heavy atom. The van der Waals surface area contributed by atoms with E-state index in [4.69, 9.17) is 0 Å². The van der Waals surface area contributed by atoms with Crippen molar-refractivity contribution in [3.05, 3.63) is 65.2 Å². The number of nitriles is 1. The maximum absolute atomic E-state index is 14.7. The lowest BCUT2D eigenvalue weighted by molar-refractivity contribution is -0.175. The Kier molecular flexibility index (Phi) is 8.34. The molecule has 2 aliphatic heterocycles. The molecule has 2 aromatic carbocycles. The lowest BCUT2D eigenvalue weighted by atomic mass is 9.79. The predicted molar refractivity (Wildman–Crippen MR) is 142 cm³/mol. The van der Waals surface area contributed by atoms with Crippen LogP contribution in [0.4, 0.5) is 27.6 Å². The molecule has 4 amide bonds. The predicted octanol–water partition coefficient (Wildman–Crippen LogP) is 2.78. The molecule has 1 spiro atoms. The van der Waals surface area contributed by atoms with Gasteiger partial charge in [-0.3, -0.25) is 19.2 Å². The average molecular weight is 606 g/mol. The van der Waals surface area contributed by atoms with Crippen molar-refractivity contribution in [3.63, 3.8) is 0 Å². The fourth-order valence-corrected chi connectivity index (χ4v) is 5.38. The highest BCUT2D eigenvalue weighted by atomic mass is 19.4. The highest BCUT2D eigenvalue weighted by Crippen LogP contribution is 2.47. The molecule has 2 aliphatic rings. The van der Waals surface area contributed by atoms with Crippen LogP contribution in [0.5, 0.6) is 0 Å². The van der Waals surface area contributed by atoms with E-state index >= 15 is 0 Å². The van der Waals surface area contributed by atoms with Gasteiger partial charge in [0.25, 0.3) is 5.91 Å². The van der Waals surface area contributed by atoms with Crippen LogP contribution in [0.15, 0.2) is 42.5 Å². The molecule has 4 atom stereocenters. The van der Waals surface area contributed by atoms with Crippen molar-refractivity contribution in [2.24, 2.45) is 5.41 Å². The third kappa shape index (κ3) is 6.08. The zero-order valence-electron chi connectivity index (χ0n) is 23.3. The fourth-order valence-electron chi connectivity index (χ4n) is 5.38. The molecule has 43 heavy (non-hydrogen) atoms. The molecular formula is C29H28F5N5O4. The van der Waals surface area contributed by atoms with E-state index in [1.165, 1.54) is 45.0 Å². The number of hydrogen-bond acceptors (Lipinski definition) is 6. The molecule has 14 heteroatoms. The minimum atomic E-state index is -5.31. The van der Waals surface area contributed by atoms with Gasteiger partial charge in [0.1, 0.15) is 23.7 Å². The molecule has 0 aliphatic carbocycles. The van der Waals surface area contributed by atoms with Crippen molar-refractivity contribution < 1.29 is 41.1 Å². The fraction of sp³-hybridized carbons (Fsp3) is 0.414. The SMILES string of the molecule is CC(C)(C)[C@H](NC(=O)C(F)(F)F)C(=O)N[C@@H](Cc1ccccc1F)C(=O)N1C(=O)[C@@]2(CN[C@H](C#N)C2)c2cc(F)ccc21. The van der Waals surface area contributed by atoms with Gasteiger partial charge in [0.05, 0.1) is 23.2 Å². The molecule has 228 valence electrons. The standard InChI is InChI=1S/C29H28F5N5O4/c1-27(2,3)22(38-25(42)29(32,33)34)23(40)37-20(10-15-6-4-5-7-19(15)31)24(41)39-21-9-8-16(30)11-18(21)28(26(39)43)12-17(13-35)36-14-28/h4-9,11,17,20,22,36H,10,12,14H2,1-3H3,(H,37,40)(H,38,42)/t17-,20-,22+,28-/m0/s1. The summed E-state index contributed by atoms with van der Waals surface area (Å²) in [6.45, 7) is 4.07. The second-order valence-corrected chi connectivity index (χ2v) is 11.6. The van der Waals surface area contributed by atoms with Gasteiger partial charge >= 0.3 is 12.1 Å². The number of amides is 4. The molecule has 0 bridgehead atoms. The summed E-state index contributed by atoms with van der Waals surface area (Å²) in [5.74, 6) is -6.91. The van der Waals surface area contributed by atoms with E-state index in [0.717, 1.165) is 23.1 Å². The van der Waals surface area contributed by atoms with Crippen LogP contribution in [0.1, 0.15) is 38.3 Å². The van der Waals surface area contributed by atoms with Crippen molar-refractivity contribution in [2.45, 2.75) is 63.3 Å². The van der Waals surface area contributed by atoms with Gasteiger partial charge in [-0.05, 0) is 47.2 Å². The van der Waals surface area contributed by atoms with E-state index in [1.807, 2.05) is 6.07 Å². The van der Waals surface area contributed by atoms with Crippen LogP contribution < -0.4 is 20.9 Å². The summed E-state index contributed by atoms with van der Waals surface area (Å²) in [5, 5.41) is 16.3. The summed E-state index contributed by atoms with van der Waals surface area (Å²) >= 11 is 0. The average Bonchev–Trinajstić information content (AvgIpc) is 3.46. The zero-order valence-corrected chi connectivity index (χ0v) is 23.3. The molecule has 2 heterocycles. The first-order chi connectivity index (χ1) is 20.0. The third-order valence-electron chi connectivity index (χ3n) is 7.56. The number of nitrogens with zero attached hydrogens (tertiary/aromatic N) is 2. The number of carbonyl (C=O) groups is 4. The van der Waals surface area contributed by atoms with E-state index in [0.29, 0.717) is 0 Å². The van der Waals surface area contributed by atoms with Gasteiger partial charge in [-0.2, -0.15) is 18.4 Å². The molecule has 4 rings (SSSR count). The van der Waals surface area contributed by atoms with Gasteiger partial charge in [-0.25, -0.2) is 13.7 Å². The van der Waals surface area contributed by atoms with Crippen molar-refractivity contribution >= 4 is 29.3 Å². The maximum atomic E-state index is 14.7. The quantitative estimate of drug-likeness (QED) is 0.434. The summed E-state index contributed by atoms with van der Waals surface area (Å²) in [5.41, 5.74) is -2.70. The smallest absolute Gasteiger partial charge is 0.342 e. The van der Waals surface area contributed by atoms with Gasteiger partial charge in [-0.1, -0.05) is 39.0 Å². The Balaban J connectivity index is 1.75. The molecule has 9 nitrogen and oxygen atoms in total. The van der Waals surface area contributed by atoms with Crippen LogP contribution in [0, 0.1) is 28.4 Å². The van der Waals surface area contributed by atoms with Crippen LogP contribution in [0.2, 0.25) is 0 Å². The first-order valence-electron chi connectivity index (χ1n) is 13.2. The van der Waals surface area contributed by atoms with Crippen LogP contribution in [-0.4, -0.2) is 54.5 Å². The molecular weight excluding hydrogens is 577 g/mol. The summed E-state index contributed by atoms with van der Waals surface area (Å²) < 4.78 is 68.3. The molecule has 3 N–H and O–H groups in total. The summed E-state index contributed by atoms with van der Waals surface area (Å²) in [7, 11) is 0. The van der Waals surface area contributed by atoms with Crippen molar-refractivity contribution in [1.29, 1.82) is 5.26 Å². The lowest BCUT2D eigenvalue weighted by Crippen LogP contribution is -2.60. The van der Waals surface area contributed by atoms with Gasteiger partial charge in [0, 0.05) is 13.0 Å². The highest BCUT2D eigenvalue weighted by molar-refractivity contribution is 6.24. The van der Waals surface area contributed by atoms with Gasteiger partial charge in [-0.15, -0.1) is 0 Å². The van der Waals surface area contributed by atoms with Crippen molar-refractivity contribution in [2.75, 3.05) is 11.4 Å². The van der Waals surface area contributed by atoms with Crippen LogP contribution >= 0.6 is 0 Å². The maximum Gasteiger partial charge on any atom is 0.471 e. The first kappa shape index (κ1) is 31.6. The third-order valence-corrected chi connectivity index (χ3v) is 7.56. The minimum Gasteiger partial charge on any atom is -0.342 e. The number of carbonyl (C=O) groups excluding carboxylic acids is 4. The Morgan fingerprint density at radius 1 is 1.12 bits per heavy atom. The minimum absolute atomic E-state index is 0.0117. The Morgan fingerprint density at radius 3 is 2.37 bits per heavy atom. The molecule has 0 radical (unpaired) electrons. The Hall–Kier alpha value is -4.38. The summed E-state index contributed by atoms with van der Waals surface area (Å²) in [6, 6.07) is 6.25. The van der Waals surface area contributed by atoms with Gasteiger partial charge in [0.2, 0.25) is 11.8 Å². The molecule has 1 saturated heterocycles. The molecule has 0 saturated carbocycles. The van der Waals surface area contributed by atoms with Crippen molar-refractivity contribution in [1.82, 2.24) is 16.0 Å². The largest absolute Gasteiger partial charge is 0.471 e. The number of anilines is 1. The van der Waals surface area contributed by atoms with E-state index in [9.17, 15) is 46.4 Å². The number of alkyl halides is 3. The number of hydrogen-bond donors (Lipinski definition) is 3. The normalized spacial score (nSPS) is 21.2. The van der Waals surface area contributed by atoms with Crippen LogP contribution in [0.3, 0.4) is 0 Å². The number of nitrogens with one attached hydrogen (secondary N) is 3. The monoisotopic (exact) mass is 605 g/mol. The summed E-state index contributed by atoms with van der Waals surface area (Å²) in [6.07, 6.45) is -5.91. The molecule has 0 aromatic heterocycles. The Labute approximate surface area is 243 Å². The van der Waals surface area contributed by atoms with E-state index < -0.39 is 76.8 Å². The van der Waals surface area contributed by atoms with E-state index in [-0.39, 0.29) is 29.8 Å². The summed E-state index contributed by atoms with van der Waals surface area (Å²) in [4.78, 5) is 53.9. The number of benzene rings is 2. The zero-order chi connectivity index (χ0) is 31.9. The van der Waals surface area contributed by atoms with Crippen LogP contribution in [-0.2, 0) is 31.0 Å². The number of halogens is 5. The van der Waals surface area contributed by atoms with Crippen LogP contribution in [0.25, 0.3) is 0 Å². The second-order valence-electron chi connectivity index (χ2n) is 11.6. The second kappa shape index (κ2) is 11.4. The highest BCUT2D eigenvalue weighted by Gasteiger charge is 2.57. The van der Waals surface area contributed by atoms with Gasteiger partial charge in [0.15, 0.2) is 0 Å². The number of imide groups is 1. The number of fused-ring (bicyclic) bond motifs is 2. The van der Waals surface area contributed by atoms with E-state index in [2.05, 4.69) is 10.6 Å². The first-order valence-corrected chi connectivity index (χ1v) is 13.2. The Bertz CT molecular complexity index is 1520. The van der Waals surface area contributed by atoms with Gasteiger partial charge < -0.3 is 16.0 Å². The molecule has 1 fully saturated rings. The molecule has 2 aromatic rings. The van der Waals surface area contributed by atoms with E-state index in [1.54, 1.807) is 5.32 Å². The molecule has 0 unspecified atom stereocenters. The lowest BCUT2D eigenvalue weighted by Gasteiger charge is -2.33.